The fraction of sp³-hybridized carbons (Fsp3) is 0.467. The van der Waals surface area contributed by atoms with Crippen LogP contribution in [0.15, 0.2) is 24.3 Å². The van der Waals surface area contributed by atoms with Crippen LogP contribution >= 0.6 is 0 Å². The maximum atomic E-state index is 12.0. The SMILES string of the molecule is COC(CNC(=O)CS(=O)(=O)Nc1ccc(OC(C)C)cc1)C(=O)O. The minimum Gasteiger partial charge on any atom is -0.491 e. The second-order valence-electron chi connectivity index (χ2n) is 5.42. The molecule has 0 aromatic heterocycles. The van der Waals surface area contributed by atoms with E-state index in [1.807, 2.05) is 13.8 Å². The highest BCUT2D eigenvalue weighted by atomic mass is 32.2. The third-order valence-electron chi connectivity index (χ3n) is 2.87. The maximum absolute atomic E-state index is 12.0. The van der Waals surface area contributed by atoms with Gasteiger partial charge in [-0.1, -0.05) is 0 Å². The van der Waals surface area contributed by atoms with E-state index in [-0.39, 0.29) is 18.3 Å². The fourth-order valence-corrected chi connectivity index (χ4v) is 2.81. The van der Waals surface area contributed by atoms with Gasteiger partial charge in [-0.2, -0.15) is 0 Å². The summed E-state index contributed by atoms with van der Waals surface area (Å²) in [6.45, 7) is 3.41. The predicted octanol–water partition coefficient (Wildman–Crippen LogP) is 0.431. The van der Waals surface area contributed by atoms with E-state index in [4.69, 9.17) is 9.84 Å². The molecule has 0 heterocycles. The molecule has 1 amide bonds. The molecule has 10 heteroatoms. The Morgan fingerprint density at radius 3 is 2.28 bits per heavy atom. The summed E-state index contributed by atoms with van der Waals surface area (Å²) >= 11 is 0. The molecule has 0 fully saturated rings. The van der Waals surface area contributed by atoms with Crippen LogP contribution in [0.1, 0.15) is 13.8 Å². The molecule has 1 rings (SSSR count). The second kappa shape index (κ2) is 9.23. The Bertz CT molecular complexity index is 686. The third-order valence-corrected chi connectivity index (χ3v) is 4.05. The van der Waals surface area contributed by atoms with Gasteiger partial charge in [0.1, 0.15) is 11.5 Å². The highest BCUT2D eigenvalue weighted by molar-refractivity contribution is 7.93. The van der Waals surface area contributed by atoms with Gasteiger partial charge in [0, 0.05) is 12.8 Å². The number of benzene rings is 1. The van der Waals surface area contributed by atoms with E-state index in [9.17, 15) is 18.0 Å². The monoisotopic (exact) mass is 374 g/mol. The number of anilines is 1. The van der Waals surface area contributed by atoms with Crippen LogP contribution in [-0.4, -0.2) is 57.0 Å². The largest absolute Gasteiger partial charge is 0.491 e. The number of carboxylic acid groups (broad SMARTS) is 1. The lowest BCUT2D eigenvalue weighted by atomic mass is 10.3. The smallest absolute Gasteiger partial charge is 0.334 e. The predicted molar refractivity (Wildman–Crippen MR) is 91.1 cm³/mol. The molecule has 0 aliphatic heterocycles. The van der Waals surface area contributed by atoms with Crippen molar-refractivity contribution >= 4 is 27.6 Å². The van der Waals surface area contributed by atoms with Gasteiger partial charge in [0.25, 0.3) is 0 Å². The first-order valence-corrected chi connectivity index (χ1v) is 9.07. The van der Waals surface area contributed by atoms with E-state index in [0.717, 1.165) is 0 Å². The van der Waals surface area contributed by atoms with Crippen LogP contribution < -0.4 is 14.8 Å². The summed E-state index contributed by atoms with van der Waals surface area (Å²) in [5, 5.41) is 11.0. The number of ether oxygens (including phenoxy) is 2. The molecule has 1 aromatic carbocycles. The van der Waals surface area contributed by atoms with Gasteiger partial charge in [0.15, 0.2) is 6.10 Å². The average Bonchev–Trinajstić information content (AvgIpc) is 2.48. The molecule has 1 unspecified atom stereocenters. The van der Waals surface area contributed by atoms with Gasteiger partial charge in [-0.05, 0) is 38.1 Å². The molecule has 3 N–H and O–H groups in total. The van der Waals surface area contributed by atoms with Crippen LogP contribution in [0.5, 0.6) is 5.75 Å². The van der Waals surface area contributed by atoms with E-state index in [1.165, 1.54) is 19.2 Å². The first-order valence-electron chi connectivity index (χ1n) is 7.42. The average molecular weight is 374 g/mol. The summed E-state index contributed by atoms with van der Waals surface area (Å²) in [7, 11) is -2.76. The minimum absolute atomic E-state index is 0.00651. The Morgan fingerprint density at radius 2 is 1.80 bits per heavy atom. The topological polar surface area (TPSA) is 131 Å². The zero-order chi connectivity index (χ0) is 19.0. The number of hydrogen-bond acceptors (Lipinski definition) is 6. The van der Waals surface area contributed by atoms with Crippen molar-refractivity contribution in [1.29, 1.82) is 0 Å². The van der Waals surface area contributed by atoms with Crippen LogP contribution in [0.25, 0.3) is 0 Å². The summed E-state index contributed by atoms with van der Waals surface area (Å²) in [6, 6.07) is 6.24. The Kier molecular flexibility index (Phi) is 7.65. The molecule has 1 aromatic rings. The highest BCUT2D eigenvalue weighted by Crippen LogP contribution is 2.17. The van der Waals surface area contributed by atoms with E-state index >= 15 is 0 Å². The van der Waals surface area contributed by atoms with E-state index in [0.29, 0.717) is 5.75 Å². The lowest BCUT2D eigenvalue weighted by molar-refractivity contribution is -0.148. The van der Waals surface area contributed by atoms with E-state index in [1.54, 1.807) is 12.1 Å². The number of nitrogens with one attached hydrogen (secondary N) is 2. The van der Waals surface area contributed by atoms with Crippen LogP contribution in [0.4, 0.5) is 5.69 Å². The molecule has 0 aliphatic rings. The van der Waals surface area contributed by atoms with Crippen molar-refractivity contribution in [3.8, 4) is 5.75 Å². The third kappa shape index (κ3) is 7.86. The quantitative estimate of drug-likeness (QED) is 0.541. The van der Waals surface area contributed by atoms with Gasteiger partial charge in [-0.15, -0.1) is 0 Å². The van der Waals surface area contributed by atoms with Crippen molar-refractivity contribution < 1.29 is 32.6 Å². The zero-order valence-electron chi connectivity index (χ0n) is 14.2. The molecule has 0 saturated carbocycles. The van der Waals surface area contributed by atoms with E-state index < -0.39 is 33.8 Å². The number of carbonyl (C=O) groups excluding carboxylic acids is 1. The molecule has 0 saturated heterocycles. The summed E-state index contributed by atoms with van der Waals surface area (Å²) < 4.78 is 36.3. The van der Waals surface area contributed by atoms with Crippen molar-refractivity contribution in [1.82, 2.24) is 5.32 Å². The lowest BCUT2D eigenvalue weighted by Crippen LogP contribution is -2.40. The Labute approximate surface area is 146 Å². The Morgan fingerprint density at radius 1 is 1.20 bits per heavy atom. The highest BCUT2D eigenvalue weighted by Gasteiger charge is 2.20. The minimum atomic E-state index is -3.94. The van der Waals surface area contributed by atoms with Gasteiger partial charge in [0.05, 0.1) is 12.6 Å². The first kappa shape index (κ1) is 20.7. The molecule has 0 radical (unpaired) electrons. The number of amides is 1. The van der Waals surface area contributed by atoms with Crippen LogP contribution in [0.2, 0.25) is 0 Å². The van der Waals surface area contributed by atoms with Crippen LogP contribution in [-0.2, 0) is 24.3 Å². The van der Waals surface area contributed by atoms with Crippen molar-refractivity contribution in [2.45, 2.75) is 26.1 Å². The van der Waals surface area contributed by atoms with Crippen molar-refractivity contribution in [3.05, 3.63) is 24.3 Å². The molecule has 1 atom stereocenters. The summed E-state index contributed by atoms with van der Waals surface area (Å²) in [5.74, 6) is -2.34. The fourth-order valence-electron chi connectivity index (χ4n) is 1.79. The molecular weight excluding hydrogens is 352 g/mol. The van der Waals surface area contributed by atoms with Gasteiger partial charge < -0.3 is 19.9 Å². The number of methoxy groups -OCH3 is 1. The summed E-state index contributed by atoms with van der Waals surface area (Å²) in [4.78, 5) is 22.4. The Balaban J connectivity index is 2.57. The number of aliphatic carboxylic acids is 1. The number of hydrogen-bond donors (Lipinski definition) is 3. The molecular formula is C15H22N2O7S. The van der Waals surface area contributed by atoms with Gasteiger partial charge in [-0.3, -0.25) is 9.52 Å². The summed E-state index contributed by atoms with van der Waals surface area (Å²) in [6.07, 6.45) is -1.25. The van der Waals surface area contributed by atoms with Gasteiger partial charge in [-0.25, -0.2) is 13.2 Å². The molecule has 0 bridgehead atoms. The normalized spacial score (nSPS) is 12.5. The van der Waals surface area contributed by atoms with Crippen molar-refractivity contribution in [2.24, 2.45) is 0 Å². The van der Waals surface area contributed by atoms with Gasteiger partial charge in [0.2, 0.25) is 15.9 Å². The van der Waals surface area contributed by atoms with Crippen LogP contribution in [0.3, 0.4) is 0 Å². The summed E-state index contributed by atoms with van der Waals surface area (Å²) in [5.41, 5.74) is 0.282. The van der Waals surface area contributed by atoms with Crippen molar-refractivity contribution in [2.75, 3.05) is 24.1 Å². The molecule has 0 spiro atoms. The van der Waals surface area contributed by atoms with E-state index in [2.05, 4.69) is 14.8 Å². The molecule has 9 nitrogen and oxygen atoms in total. The number of carbonyl (C=O) groups is 2. The second-order valence-corrected chi connectivity index (χ2v) is 7.14. The molecule has 140 valence electrons. The zero-order valence-corrected chi connectivity index (χ0v) is 15.0. The maximum Gasteiger partial charge on any atom is 0.334 e. The molecule has 0 aliphatic carbocycles. The molecule has 25 heavy (non-hydrogen) atoms. The number of carboxylic acids is 1. The number of rotatable bonds is 10. The lowest BCUT2D eigenvalue weighted by Gasteiger charge is -2.13. The van der Waals surface area contributed by atoms with Crippen LogP contribution in [0, 0.1) is 0 Å². The Hall–Kier alpha value is -2.33. The van der Waals surface area contributed by atoms with Gasteiger partial charge >= 0.3 is 5.97 Å². The first-order chi connectivity index (χ1) is 11.6. The van der Waals surface area contributed by atoms with Crippen molar-refractivity contribution in [3.63, 3.8) is 0 Å². The number of sulfonamides is 1. The standard InChI is InChI=1S/C15H22N2O7S/c1-10(2)24-12-6-4-11(5-7-12)17-25(21,22)9-14(18)16-8-13(23-3)15(19)20/h4-7,10,13,17H,8-9H2,1-3H3,(H,16,18)(H,19,20).